The minimum absolute atomic E-state index is 0.833. The summed E-state index contributed by atoms with van der Waals surface area (Å²) in [6, 6.07) is -0.833. The van der Waals surface area contributed by atoms with Gasteiger partial charge in [-0.2, -0.15) is 0 Å². The van der Waals surface area contributed by atoms with Gasteiger partial charge in [-0.15, -0.1) is 0 Å². The van der Waals surface area contributed by atoms with Gasteiger partial charge in [0.2, 0.25) is 0 Å². The minimum Gasteiger partial charge on any atom is -0.352 e. The fraction of sp³-hybridized carbons (Fsp3) is 0.875. The third-order valence-electron chi connectivity index (χ3n) is 0.943. The maximum Gasteiger partial charge on any atom is 0.309 e. The molecule has 0 radical (unpaired) electrons. The van der Waals surface area contributed by atoms with Crippen molar-refractivity contribution in [2.45, 2.75) is 34.1 Å². The molecule has 11 heavy (non-hydrogen) atoms. The molecule has 0 bridgehead atoms. The van der Waals surface area contributed by atoms with Gasteiger partial charge in [0.25, 0.3) is 0 Å². The largest absolute Gasteiger partial charge is 0.352 e. The van der Waals surface area contributed by atoms with Crippen LogP contribution >= 0.6 is 0 Å². The topological polar surface area (TPSA) is 69.1 Å². The first-order valence-corrected chi connectivity index (χ1v) is 3.91. The molecule has 0 aromatic heterocycles. The number of carbonyl (C=O) groups excluding carboxylic acids is 1. The van der Waals surface area contributed by atoms with Crippen molar-refractivity contribution in [1.29, 1.82) is 0 Å². The molecular formula is C8H20N2O. The maximum absolute atomic E-state index is 9.00. The number of primary amides is 2. The molecule has 0 saturated carbocycles. The summed E-state index contributed by atoms with van der Waals surface area (Å²) >= 11 is 0. The Labute approximate surface area is 69.1 Å². The van der Waals surface area contributed by atoms with Crippen LogP contribution in [-0.4, -0.2) is 6.03 Å². The van der Waals surface area contributed by atoms with Crippen LogP contribution in [0.2, 0.25) is 0 Å². The van der Waals surface area contributed by atoms with E-state index in [0.717, 1.165) is 11.8 Å². The maximum atomic E-state index is 9.00. The molecule has 0 aliphatic heterocycles. The van der Waals surface area contributed by atoms with Crippen molar-refractivity contribution in [3.05, 3.63) is 0 Å². The molecule has 0 saturated heterocycles. The zero-order chi connectivity index (χ0) is 9.44. The summed E-state index contributed by atoms with van der Waals surface area (Å²) in [7, 11) is 0. The smallest absolute Gasteiger partial charge is 0.309 e. The Balaban J connectivity index is 0. The second-order valence-electron chi connectivity index (χ2n) is 3.43. The molecule has 0 aliphatic rings. The molecule has 3 heteroatoms. The first-order valence-electron chi connectivity index (χ1n) is 3.91. The number of carbonyl (C=O) groups is 1. The second-order valence-corrected chi connectivity index (χ2v) is 3.43. The summed E-state index contributed by atoms with van der Waals surface area (Å²) in [5, 5.41) is 0. The van der Waals surface area contributed by atoms with E-state index in [4.69, 9.17) is 4.79 Å². The highest BCUT2D eigenvalue weighted by molar-refractivity contribution is 5.69. The number of rotatable bonds is 2. The van der Waals surface area contributed by atoms with Crippen LogP contribution in [-0.2, 0) is 0 Å². The number of hydrogen-bond donors (Lipinski definition) is 2. The van der Waals surface area contributed by atoms with E-state index in [9.17, 15) is 0 Å². The highest BCUT2D eigenvalue weighted by atomic mass is 16.2. The van der Waals surface area contributed by atoms with Crippen molar-refractivity contribution < 1.29 is 4.79 Å². The van der Waals surface area contributed by atoms with Crippen molar-refractivity contribution in [1.82, 2.24) is 0 Å². The van der Waals surface area contributed by atoms with E-state index in [1.165, 1.54) is 6.42 Å². The molecule has 3 nitrogen and oxygen atoms in total. The molecule has 68 valence electrons. The van der Waals surface area contributed by atoms with Gasteiger partial charge in [-0.1, -0.05) is 27.7 Å². The minimum atomic E-state index is -0.833. The monoisotopic (exact) mass is 160 g/mol. The average molecular weight is 160 g/mol. The van der Waals surface area contributed by atoms with Crippen molar-refractivity contribution in [3.8, 4) is 0 Å². The predicted molar refractivity (Wildman–Crippen MR) is 48.1 cm³/mol. The zero-order valence-corrected chi connectivity index (χ0v) is 7.92. The lowest BCUT2D eigenvalue weighted by atomic mass is 10.0. The highest BCUT2D eigenvalue weighted by Gasteiger charge is 1.95. The summed E-state index contributed by atoms with van der Waals surface area (Å²) in [4.78, 5) is 9.00. The van der Waals surface area contributed by atoms with Gasteiger partial charge in [0.15, 0.2) is 0 Å². The Hall–Kier alpha value is -0.730. The zero-order valence-electron chi connectivity index (χ0n) is 7.92. The van der Waals surface area contributed by atoms with E-state index in [1.54, 1.807) is 0 Å². The lowest BCUT2D eigenvalue weighted by molar-refractivity contribution is 0.256. The van der Waals surface area contributed by atoms with Gasteiger partial charge < -0.3 is 11.5 Å². The summed E-state index contributed by atoms with van der Waals surface area (Å²) in [5.74, 6) is 1.75. The molecule has 0 aromatic rings. The molecule has 0 unspecified atom stereocenters. The second kappa shape index (κ2) is 7.38. The quantitative estimate of drug-likeness (QED) is 0.634. The number of amides is 2. The third-order valence-corrected chi connectivity index (χ3v) is 0.943. The fourth-order valence-corrected chi connectivity index (χ4v) is 0.943. The summed E-state index contributed by atoms with van der Waals surface area (Å²) in [6.45, 7) is 9.06. The molecule has 0 heterocycles. The van der Waals surface area contributed by atoms with Crippen LogP contribution < -0.4 is 11.5 Å². The molecule has 0 spiro atoms. The van der Waals surface area contributed by atoms with Crippen molar-refractivity contribution in [3.63, 3.8) is 0 Å². The summed E-state index contributed by atoms with van der Waals surface area (Å²) in [5.41, 5.74) is 8.50. The van der Waals surface area contributed by atoms with Gasteiger partial charge in [-0.05, 0) is 18.3 Å². The molecular weight excluding hydrogens is 140 g/mol. The molecule has 2 amide bonds. The molecule has 4 N–H and O–H groups in total. The number of hydrogen-bond acceptors (Lipinski definition) is 1. The molecule has 0 fully saturated rings. The van der Waals surface area contributed by atoms with Crippen LogP contribution in [0.1, 0.15) is 34.1 Å². The van der Waals surface area contributed by atoms with Gasteiger partial charge >= 0.3 is 6.03 Å². The number of urea groups is 1. The third kappa shape index (κ3) is 45.8. The van der Waals surface area contributed by atoms with Crippen molar-refractivity contribution in [2.24, 2.45) is 23.3 Å². The van der Waals surface area contributed by atoms with Crippen LogP contribution in [0.5, 0.6) is 0 Å². The van der Waals surface area contributed by atoms with E-state index in [-0.39, 0.29) is 0 Å². The number of nitrogens with two attached hydrogens (primary N) is 2. The Kier molecular flexibility index (Phi) is 8.65. The van der Waals surface area contributed by atoms with E-state index < -0.39 is 6.03 Å². The Morgan fingerprint density at radius 2 is 1.27 bits per heavy atom. The predicted octanol–water partition coefficient (Wildman–Crippen LogP) is 1.71. The first kappa shape index (κ1) is 12.9. The van der Waals surface area contributed by atoms with E-state index in [2.05, 4.69) is 39.2 Å². The van der Waals surface area contributed by atoms with Crippen LogP contribution in [0.25, 0.3) is 0 Å². The summed E-state index contributed by atoms with van der Waals surface area (Å²) in [6.07, 6.45) is 1.36. The Morgan fingerprint density at radius 3 is 1.27 bits per heavy atom. The van der Waals surface area contributed by atoms with Crippen LogP contribution in [0.15, 0.2) is 0 Å². The van der Waals surface area contributed by atoms with E-state index >= 15 is 0 Å². The summed E-state index contributed by atoms with van der Waals surface area (Å²) < 4.78 is 0. The lowest BCUT2D eigenvalue weighted by Gasteiger charge is -2.05. The van der Waals surface area contributed by atoms with Gasteiger partial charge in [-0.25, -0.2) is 4.79 Å². The SMILES string of the molecule is CC(C)CC(C)C.NC(N)=O. The molecule has 0 aromatic carbocycles. The van der Waals surface area contributed by atoms with Gasteiger partial charge in [0.05, 0.1) is 0 Å². The molecule has 0 aliphatic carbocycles. The van der Waals surface area contributed by atoms with Crippen LogP contribution in [0.4, 0.5) is 4.79 Å². The average Bonchev–Trinajstić information content (AvgIpc) is 1.56. The van der Waals surface area contributed by atoms with Crippen molar-refractivity contribution in [2.75, 3.05) is 0 Å². The van der Waals surface area contributed by atoms with Crippen molar-refractivity contribution >= 4 is 6.03 Å². The van der Waals surface area contributed by atoms with Gasteiger partial charge in [0.1, 0.15) is 0 Å². The molecule has 0 atom stereocenters. The van der Waals surface area contributed by atoms with Crippen LogP contribution in [0, 0.1) is 11.8 Å². The fourth-order valence-electron chi connectivity index (χ4n) is 0.943. The Bertz CT molecular complexity index is 90.3. The molecule has 0 rings (SSSR count). The standard InChI is InChI=1S/C7H16.CH4N2O/c1-6(2)5-7(3)4;2-1(3)4/h6-7H,5H2,1-4H3;(H4,2,3,4). The lowest BCUT2D eigenvalue weighted by Crippen LogP contribution is -2.18. The van der Waals surface area contributed by atoms with E-state index in [0.29, 0.717) is 0 Å². The normalized spacial score (nSPS) is 9.27. The van der Waals surface area contributed by atoms with Gasteiger partial charge in [0, 0.05) is 0 Å². The first-order chi connectivity index (χ1) is 4.86. The highest BCUT2D eigenvalue weighted by Crippen LogP contribution is 2.08. The Morgan fingerprint density at radius 1 is 1.09 bits per heavy atom. The van der Waals surface area contributed by atoms with E-state index in [1.807, 2.05) is 0 Å². The van der Waals surface area contributed by atoms with Gasteiger partial charge in [-0.3, -0.25) is 0 Å². The van der Waals surface area contributed by atoms with Crippen LogP contribution in [0.3, 0.4) is 0 Å².